The molecule has 1 heterocycles. The van der Waals surface area contributed by atoms with Crippen LogP contribution in [0, 0.1) is 11.7 Å². The van der Waals surface area contributed by atoms with Crippen LogP contribution >= 0.6 is 24.0 Å². The van der Waals surface area contributed by atoms with Crippen molar-refractivity contribution in [2.75, 3.05) is 39.9 Å². The van der Waals surface area contributed by atoms with Crippen molar-refractivity contribution < 1.29 is 21.4 Å². The first-order valence-electron chi connectivity index (χ1n) is 8.13. The van der Waals surface area contributed by atoms with Gasteiger partial charge in [-0.2, -0.15) is 0 Å². The molecule has 0 aliphatic carbocycles. The van der Waals surface area contributed by atoms with Gasteiger partial charge in [0, 0.05) is 32.6 Å². The first-order valence-corrected chi connectivity index (χ1v) is 7.35. The van der Waals surface area contributed by atoms with Crippen LogP contribution < -0.4 is 10.6 Å². The first kappa shape index (κ1) is 16.9. The Balaban J connectivity index is 0.00000312. The summed E-state index contributed by atoms with van der Waals surface area (Å²) < 4.78 is 38.0. The number of carbonyl (C=O) groups excluding carboxylic acids is 1. The van der Waals surface area contributed by atoms with Crippen LogP contribution in [-0.4, -0.2) is 45.8 Å². The maximum Gasteiger partial charge on any atom is 0.245 e. The number of ether oxygens (including phenoxy) is 2. The Hall–Kier alpha value is -0.920. The zero-order valence-electron chi connectivity index (χ0n) is 14.4. The average Bonchev–Trinajstić information content (AvgIpc) is 2.79. The lowest BCUT2D eigenvalue weighted by Crippen LogP contribution is -2.37. The van der Waals surface area contributed by atoms with Crippen molar-refractivity contribution in [3.05, 3.63) is 34.6 Å². The minimum atomic E-state index is -1.50. The minimum absolute atomic E-state index is 0. The molecule has 8 heteroatoms. The molecular weight excluding hydrogens is 346 g/mol. The summed E-state index contributed by atoms with van der Waals surface area (Å²) in [5, 5.41) is 5.95. The fraction of sp³-hybridized carbons (Fsp3) is 0.533. The standard InChI is InChI=1S/C15H20ClFN2O3.ClH/c1-21-9-14(20)19-8-11-7-18-4-5-22-15(11)10-2-3-12(16)13(17)6-10;/h2-3,6,11,15,18H,4-5,7-9H2,1H3,(H,19,20);1H/t11-,15-;/m0./s1/i1D2;. The minimum Gasteiger partial charge on any atom is -0.375 e. The Morgan fingerprint density at radius 3 is 3.22 bits per heavy atom. The van der Waals surface area contributed by atoms with Crippen LogP contribution in [0.15, 0.2) is 18.2 Å². The third-order valence-corrected chi connectivity index (χ3v) is 3.77. The zero-order chi connectivity index (χ0) is 17.5. The van der Waals surface area contributed by atoms with Gasteiger partial charge in [-0.3, -0.25) is 4.79 Å². The van der Waals surface area contributed by atoms with Crippen molar-refractivity contribution in [1.82, 2.24) is 10.6 Å². The third-order valence-electron chi connectivity index (χ3n) is 3.46. The molecule has 1 aliphatic rings. The number of benzene rings is 1. The van der Waals surface area contributed by atoms with E-state index in [1.54, 1.807) is 6.07 Å². The average molecular weight is 369 g/mol. The van der Waals surface area contributed by atoms with E-state index in [1.807, 2.05) is 0 Å². The van der Waals surface area contributed by atoms with Crippen LogP contribution in [0.25, 0.3) is 0 Å². The third kappa shape index (κ3) is 5.90. The number of nitrogens with one attached hydrogen (secondary N) is 2. The van der Waals surface area contributed by atoms with E-state index in [9.17, 15) is 9.18 Å². The highest BCUT2D eigenvalue weighted by molar-refractivity contribution is 6.30. The van der Waals surface area contributed by atoms with Crippen LogP contribution in [0.1, 0.15) is 14.4 Å². The van der Waals surface area contributed by atoms with Gasteiger partial charge in [0.25, 0.3) is 0 Å². The van der Waals surface area contributed by atoms with E-state index in [-0.39, 0.29) is 36.1 Å². The molecule has 2 atom stereocenters. The molecule has 0 spiro atoms. The molecular formula is C15H21Cl2FN2O3. The van der Waals surface area contributed by atoms with Gasteiger partial charge < -0.3 is 20.1 Å². The van der Waals surface area contributed by atoms with E-state index in [2.05, 4.69) is 15.4 Å². The maximum absolute atomic E-state index is 13.7. The molecule has 1 aromatic carbocycles. The molecule has 2 N–H and O–H groups in total. The second-order valence-corrected chi connectivity index (χ2v) is 5.45. The molecule has 5 nitrogen and oxygen atoms in total. The van der Waals surface area contributed by atoms with E-state index < -0.39 is 18.8 Å². The number of carbonyl (C=O) groups is 1. The lowest BCUT2D eigenvalue weighted by atomic mass is 9.95. The van der Waals surface area contributed by atoms with E-state index in [1.165, 1.54) is 12.1 Å². The van der Waals surface area contributed by atoms with Crippen LogP contribution in [0.4, 0.5) is 4.39 Å². The van der Waals surface area contributed by atoms with Crippen LogP contribution in [-0.2, 0) is 14.3 Å². The van der Waals surface area contributed by atoms with Crippen LogP contribution in [0.5, 0.6) is 0 Å². The zero-order valence-corrected chi connectivity index (χ0v) is 14.0. The molecule has 130 valence electrons. The fourth-order valence-corrected chi connectivity index (χ4v) is 2.51. The van der Waals surface area contributed by atoms with E-state index in [0.717, 1.165) is 0 Å². The summed E-state index contributed by atoms with van der Waals surface area (Å²) in [4.78, 5) is 11.7. The summed E-state index contributed by atoms with van der Waals surface area (Å²) >= 11 is 5.72. The van der Waals surface area contributed by atoms with Crippen molar-refractivity contribution in [3.8, 4) is 0 Å². The second kappa shape index (κ2) is 10.1. The molecule has 1 aromatic rings. The molecule has 1 amide bonds. The summed E-state index contributed by atoms with van der Waals surface area (Å²) in [5.41, 5.74) is 0.661. The summed E-state index contributed by atoms with van der Waals surface area (Å²) in [5.74, 6) is -1.03. The number of hydrogen-bond donors (Lipinski definition) is 2. The Bertz CT molecular complexity index is 570. The Labute approximate surface area is 149 Å². The predicted octanol–water partition coefficient (Wildman–Crippen LogP) is 1.94. The lowest BCUT2D eigenvalue weighted by molar-refractivity contribution is -0.125. The molecule has 0 radical (unpaired) electrons. The number of amides is 1. The van der Waals surface area contributed by atoms with Gasteiger partial charge in [-0.05, 0) is 17.7 Å². The van der Waals surface area contributed by atoms with Gasteiger partial charge in [0.2, 0.25) is 5.91 Å². The van der Waals surface area contributed by atoms with Gasteiger partial charge >= 0.3 is 0 Å². The molecule has 0 saturated carbocycles. The molecule has 2 rings (SSSR count). The first-order chi connectivity index (χ1) is 11.5. The maximum atomic E-state index is 13.7. The number of methoxy groups -OCH3 is 1. The van der Waals surface area contributed by atoms with Gasteiger partial charge in [0.15, 0.2) is 0 Å². The largest absolute Gasteiger partial charge is 0.375 e. The van der Waals surface area contributed by atoms with Gasteiger partial charge in [-0.25, -0.2) is 4.39 Å². The summed E-state index contributed by atoms with van der Waals surface area (Å²) in [6.45, 7) is 1.68. The molecule has 1 aliphatic heterocycles. The SMILES string of the molecule is Cl.[2H]C([2H])OCC(=O)NC[C@@H]1CNCCO[C@H]1c1ccc(Cl)c(F)c1. The van der Waals surface area contributed by atoms with Crippen molar-refractivity contribution >= 4 is 29.9 Å². The van der Waals surface area contributed by atoms with Crippen molar-refractivity contribution in [1.29, 1.82) is 0 Å². The van der Waals surface area contributed by atoms with E-state index >= 15 is 0 Å². The summed E-state index contributed by atoms with van der Waals surface area (Å²) in [6.07, 6.45) is -0.381. The molecule has 0 unspecified atom stereocenters. The highest BCUT2D eigenvalue weighted by Gasteiger charge is 2.27. The number of halogens is 3. The normalized spacial score (nSPS) is 22.6. The molecule has 23 heavy (non-hydrogen) atoms. The van der Waals surface area contributed by atoms with Crippen LogP contribution in [0.2, 0.25) is 5.02 Å². The smallest absolute Gasteiger partial charge is 0.245 e. The topological polar surface area (TPSA) is 59.6 Å². The number of rotatable bonds is 5. The highest BCUT2D eigenvalue weighted by atomic mass is 35.5. The van der Waals surface area contributed by atoms with Crippen molar-refractivity contribution in [2.24, 2.45) is 5.92 Å². The fourth-order valence-electron chi connectivity index (χ4n) is 2.40. The summed E-state index contributed by atoms with van der Waals surface area (Å²) in [7, 11) is -1.50. The molecule has 1 fully saturated rings. The molecule has 0 bridgehead atoms. The van der Waals surface area contributed by atoms with Crippen molar-refractivity contribution in [3.63, 3.8) is 0 Å². The van der Waals surface area contributed by atoms with E-state index in [0.29, 0.717) is 31.8 Å². The quantitative estimate of drug-likeness (QED) is 0.833. The predicted molar refractivity (Wildman–Crippen MR) is 88.6 cm³/mol. The summed E-state index contributed by atoms with van der Waals surface area (Å²) in [6, 6.07) is 4.55. The van der Waals surface area contributed by atoms with E-state index in [4.69, 9.17) is 19.1 Å². The monoisotopic (exact) mass is 368 g/mol. The van der Waals surface area contributed by atoms with Gasteiger partial charge in [0.05, 0.1) is 20.5 Å². The van der Waals surface area contributed by atoms with Crippen LogP contribution in [0.3, 0.4) is 0 Å². The highest BCUT2D eigenvalue weighted by Crippen LogP contribution is 2.29. The van der Waals surface area contributed by atoms with Gasteiger partial charge in [-0.15, -0.1) is 12.4 Å². The lowest BCUT2D eigenvalue weighted by Gasteiger charge is -2.25. The molecule has 1 saturated heterocycles. The Morgan fingerprint density at radius 2 is 2.48 bits per heavy atom. The Kier molecular flexibility index (Phi) is 7.39. The van der Waals surface area contributed by atoms with Gasteiger partial charge in [-0.1, -0.05) is 17.7 Å². The van der Waals surface area contributed by atoms with Crippen molar-refractivity contribution in [2.45, 2.75) is 6.10 Å². The molecule has 0 aromatic heterocycles. The second-order valence-electron chi connectivity index (χ2n) is 5.04. The Morgan fingerprint density at radius 1 is 1.65 bits per heavy atom. The number of hydrogen-bond acceptors (Lipinski definition) is 4. The van der Waals surface area contributed by atoms with Gasteiger partial charge in [0.1, 0.15) is 12.4 Å².